The summed E-state index contributed by atoms with van der Waals surface area (Å²) in [6.45, 7) is 0. The van der Waals surface area contributed by atoms with Gasteiger partial charge < -0.3 is 14.8 Å². The highest BCUT2D eigenvalue weighted by molar-refractivity contribution is 6.32. The van der Waals surface area contributed by atoms with Crippen molar-refractivity contribution in [1.29, 1.82) is 0 Å². The molecule has 2 aromatic rings. The summed E-state index contributed by atoms with van der Waals surface area (Å²) in [7, 11) is 2.99. The van der Waals surface area contributed by atoms with Crippen LogP contribution in [0.1, 0.15) is 5.56 Å². The number of carbonyl (C=O) groups excluding carboxylic acids is 1. The molecule has 0 saturated carbocycles. The van der Waals surface area contributed by atoms with Crippen molar-refractivity contribution >= 4 is 40.9 Å². The van der Waals surface area contributed by atoms with E-state index in [0.29, 0.717) is 27.2 Å². The minimum absolute atomic E-state index is 0.326. The molecule has 0 atom stereocenters. The zero-order chi connectivity index (χ0) is 16.8. The van der Waals surface area contributed by atoms with Gasteiger partial charge in [-0.2, -0.15) is 0 Å². The molecule has 0 aromatic heterocycles. The molecule has 2 aromatic carbocycles. The van der Waals surface area contributed by atoms with Crippen molar-refractivity contribution in [2.75, 3.05) is 19.5 Å². The third-order valence-electron chi connectivity index (χ3n) is 3.05. The maximum Gasteiger partial charge on any atom is 0.248 e. The number of hydrogen-bond donors (Lipinski definition) is 1. The Labute approximate surface area is 144 Å². The summed E-state index contributed by atoms with van der Waals surface area (Å²) in [5.74, 6) is 0.556. The molecule has 0 aliphatic carbocycles. The number of halogens is 2. The Bertz CT molecular complexity index is 745. The molecule has 0 spiro atoms. The maximum absolute atomic E-state index is 12.1. The second kappa shape index (κ2) is 7.90. The van der Waals surface area contributed by atoms with Crippen molar-refractivity contribution in [2.45, 2.75) is 0 Å². The van der Waals surface area contributed by atoms with Gasteiger partial charge in [0.15, 0.2) is 0 Å². The summed E-state index contributed by atoms with van der Waals surface area (Å²) in [6.07, 6.45) is 3.03. The van der Waals surface area contributed by atoms with E-state index in [4.69, 9.17) is 32.7 Å². The minimum atomic E-state index is -0.326. The van der Waals surface area contributed by atoms with Crippen LogP contribution in [0.3, 0.4) is 0 Å². The van der Waals surface area contributed by atoms with E-state index in [-0.39, 0.29) is 5.91 Å². The van der Waals surface area contributed by atoms with Gasteiger partial charge in [-0.1, -0.05) is 41.4 Å². The molecular weight excluding hydrogens is 337 g/mol. The lowest BCUT2D eigenvalue weighted by molar-refractivity contribution is -0.111. The first-order chi connectivity index (χ1) is 11.0. The molecule has 2 rings (SSSR count). The van der Waals surface area contributed by atoms with Crippen LogP contribution in [0.5, 0.6) is 11.5 Å². The third kappa shape index (κ3) is 4.41. The molecule has 0 heterocycles. The van der Waals surface area contributed by atoms with Crippen LogP contribution in [0.15, 0.2) is 42.5 Å². The van der Waals surface area contributed by atoms with E-state index in [9.17, 15) is 4.79 Å². The second-order valence-corrected chi connectivity index (χ2v) is 5.35. The van der Waals surface area contributed by atoms with Gasteiger partial charge in [0.05, 0.1) is 24.9 Å². The van der Waals surface area contributed by atoms with E-state index in [1.807, 2.05) is 18.2 Å². The van der Waals surface area contributed by atoms with E-state index in [0.717, 1.165) is 5.56 Å². The lowest BCUT2D eigenvalue weighted by atomic mass is 10.2. The fourth-order valence-corrected chi connectivity index (χ4v) is 2.34. The molecular formula is C17H15Cl2NO3. The predicted octanol–water partition coefficient (Wildman–Crippen LogP) is 4.66. The Balaban J connectivity index is 2.18. The molecule has 23 heavy (non-hydrogen) atoms. The molecule has 0 saturated heterocycles. The normalized spacial score (nSPS) is 10.6. The molecule has 0 aliphatic rings. The largest absolute Gasteiger partial charge is 0.495 e. The number of benzene rings is 2. The molecule has 1 N–H and O–H groups in total. The van der Waals surface area contributed by atoms with Crippen molar-refractivity contribution in [2.24, 2.45) is 0 Å². The number of ether oxygens (including phenoxy) is 2. The SMILES string of the molecule is COc1cc(NC(=O)C=Cc2ccccc2Cl)c(OC)cc1Cl. The van der Waals surface area contributed by atoms with E-state index < -0.39 is 0 Å². The number of rotatable bonds is 5. The second-order valence-electron chi connectivity index (χ2n) is 4.53. The van der Waals surface area contributed by atoms with Gasteiger partial charge in [0.25, 0.3) is 0 Å². The Hall–Kier alpha value is -2.17. The fourth-order valence-electron chi connectivity index (χ4n) is 1.91. The zero-order valence-corrected chi connectivity index (χ0v) is 14.1. The molecule has 120 valence electrons. The van der Waals surface area contributed by atoms with Gasteiger partial charge >= 0.3 is 0 Å². The Morgan fingerprint density at radius 2 is 1.74 bits per heavy atom. The van der Waals surface area contributed by atoms with Crippen molar-refractivity contribution in [1.82, 2.24) is 0 Å². The number of amides is 1. The summed E-state index contributed by atoms with van der Waals surface area (Å²) >= 11 is 12.1. The first-order valence-corrected chi connectivity index (χ1v) is 7.46. The molecule has 0 bridgehead atoms. The van der Waals surface area contributed by atoms with Gasteiger partial charge in [0, 0.05) is 23.2 Å². The van der Waals surface area contributed by atoms with Crippen molar-refractivity contribution in [3.05, 3.63) is 58.1 Å². The summed E-state index contributed by atoms with van der Waals surface area (Å²) in [5, 5.41) is 3.69. The lowest BCUT2D eigenvalue weighted by Crippen LogP contribution is -2.09. The quantitative estimate of drug-likeness (QED) is 0.796. The highest BCUT2D eigenvalue weighted by Gasteiger charge is 2.11. The number of carbonyl (C=O) groups is 1. The maximum atomic E-state index is 12.1. The van der Waals surface area contributed by atoms with Crippen LogP contribution >= 0.6 is 23.2 Å². The number of anilines is 1. The van der Waals surface area contributed by atoms with Crippen LogP contribution < -0.4 is 14.8 Å². The van der Waals surface area contributed by atoms with Gasteiger partial charge in [0.1, 0.15) is 11.5 Å². The van der Waals surface area contributed by atoms with Gasteiger partial charge in [-0.25, -0.2) is 0 Å². The van der Waals surface area contributed by atoms with E-state index in [1.54, 1.807) is 24.3 Å². The van der Waals surface area contributed by atoms with Gasteiger partial charge in [0.2, 0.25) is 5.91 Å². The fraction of sp³-hybridized carbons (Fsp3) is 0.118. The van der Waals surface area contributed by atoms with Crippen LogP contribution in [0, 0.1) is 0 Å². The molecule has 1 amide bonds. The minimum Gasteiger partial charge on any atom is -0.495 e. The first-order valence-electron chi connectivity index (χ1n) is 6.70. The van der Waals surface area contributed by atoms with Crippen LogP contribution in [0.25, 0.3) is 6.08 Å². The Morgan fingerprint density at radius 3 is 2.39 bits per heavy atom. The van der Waals surface area contributed by atoms with Crippen LogP contribution in [-0.4, -0.2) is 20.1 Å². The highest BCUT2D eigenvalue weighted by Crippen LogP contribution is 2.35. The number of methoxy groups -OCH3 is 2. The molecule has 6 heteroatoms. The smallest absolute Gasteiger partial charge is 0.248 e. The zero-order valence-electron chi connectivity index (χ0n) is 12.6. The average molecular weight is 352 g/mol. The highest BCUT2D eigenvalue weighted by atomic mass is 35.5. The Morgan fingerprint density at radius 1 is 1.04 bits per heavy atom. The topological polar surface area (TPSA) is 47.6 Å². The summed E-state index contributed by atoms with van der Waals surface area (Å²) in [6, 6.07) is 10.4. The lowest BCUT2D eigenvalue weighted by Gasteiger charge is -2.12. The Kier molecular flexibility index (Phi) is 5.90. The number of nitrogens with one attached hydrogen (secondary N) is 1. The van der Waals surface area contributed by atoms with Crippen molar-refractivity contribution < 1.29 is 14.3 Å². The molecule has 0 radical (unpaired) electrons. The monoisotopic (exact) mass is 351 g/mol. The molecule has 0 aliphatic heterocycles. The summed E-state index contributed by atoms with van der Waals surface area (Å²) in [4.78, 5) is 12.1. The van der Waals surface area contributed by atoms with E-state index in [1.165, 1.54) is 20.3 Å². The number of hydrogen-bond acceptors (Lipinski definition) is 3. The van der Waals surface area contributed by atoms with E-state index in [2.05, 4.69) is 5.32 Å². The van der Waals surface area contributed by atoms with Gasteiger partial charge in [-0.3, -0.25) is 4.79 Å². The van der Waals surface area contributed by atoms with Crippen LogP contribution in [0.4, 0.5) is 5.69 Å². The summed E-state index contributed by atoms with van der Waals surface area (Å²) < 4.78 is 10.3. The first kappa shape index (κ1) is 17.2. The average Bonchev–Trinajstić information content (AvgIpc) is 2.55. The molecule has 4 nitrogen and oxygen atoms in total. The van der Waals surface area contributed by atoms with Crippen LogP contribution in [0.2, 0.25) is 10.0 Å². The summed E-state index contributed by atoms with van der Waals surface area (Å²) in [5.41, 5.74) is 1.22. The van der Waals surface area contributed by atoms with Gasteiger partial charge in [-0.05, 0) is 17.7 Å². The molecule has 0 fully saturated rings. The third-order valence-corrected chi connectivity index (χ3v) is 3.69. The molecule has 0 unspecified atom stereocenters. The standard InChI is InChI=1S/C17H15Cl2NO3/c1-22-15-10-14(16(23-2)9-13(15)19)20-17(21)8-7-11-5-3-4-6-12(11)18/h3-10H,1-2H3,(H,20,21). The van der Waals surface area contributed by atoms with Gasteiger partial charge in [-0.15, -0.1) is 0 Å². The van der Waals surface area contributed by atoms with E-state index >= 15 is 0 Å². The predicted molar refractivity (Wildman–Crippen MR) is 93.7 cm³/mol. The van der Waals surface area contributed by atoms with Crippen molar-refractivity contribution in [3.8, 4) is 11.5 Å². The van der Waals surface area contributed by atoms with Crippen LogP contribution in [-0.2, 0) is 4.79 Å². The van der Waals surface area contributed by atoms with Crippen molar-refractivity contribution in [3.63, 3.8) is 0 Å².